The molecule has 2 aromatic carbocycles. The van der Waals surface area contributed by atoms with Crippen LogP contribution in [0.25, 0.3) is 15.6 Å². The number of nitrogens with zero attached hydrogens (tertiary/aromatic N) is 6. The van der Waals surface area contributed by atoms with Crippen LogP contribution < -0.4 is 9.64 Å². The van der Waals surface area contributed by atoms with Crippen LogP contribution in [0.3, 0.4) is 0 Å². The maximum Gasteiger partial charge on any atom is 0.318 e. The van der Waals surface area contributed by atoms with Crippen molar-refractivity contribution in [3.8, 4) is 6.01 Å². The fraction of sp³-hybridized carbons (Fsp3) is 0.455. The summed E-state index contributed by atoms with van der Waals surface area (Å²) in [7, 11) is 2.13. The van der Waals surface area contributed by atoms with Gasteiger partial charge in [-0.15, -0.1) is 0 Å². The zero-order valence-corrected chi connectivity index (χ0v) is 24.4. The minimum atomic E-state index is -0.257. The third-order valence-electron chi connectivity index (χ3n) is 8.93. The number of amides is 1. The maximum atomic E-state index is 12.6. The molecule has 4 atom stereocenters. The highest BCUT2D eigenvalue weighted by molar-refractivity contribution is 5.87. The molecule has 218 valence electrons. The highest BCUT2D eigenvalue weighted by atomic mass is 16.5. The number of aromatic nitrogens is 2. The van der Waals surface area contributed by atoms with Gasteiger partial charge in [0.15, 0.2) is 0 Å². The van der Waals surface area contributed by atoms with Gasteiger partial charge in [-0.25, -0.2) is 6.57 Å². The van der Waals surface area contributed by atoms with Crippen molar-refractivity contribution in [1.29, 1.82) is 0 Å². The molecular weight excluding hydrogens is 528 g/mol. The largest absolute Gasteiger partial charge is 0.462 e. The first-order chi connectivity index (χ1) is 20.5. The van der Waals surface area contributed by atoms with E-state index in [4.69, 9.17) is 26.0 Å². The van der Waals surface area contributed by atoms with Crippen molar-refractivity contribution < 1.29 is 14.3 Å². The number of carbonyl (C=O) groups excluding carboxylic acids is 1. The van der Waals surface area contributed by atoms with Crippen LogP contribution >= 0.6 is 0 Å². The molecule has 3 aliphatic heterocycles. The van der Waals surface area contributed by atoms with E-state index in [0.717, 1.165) is 35.6 Å². The number of benzene rings is 2. The van der Waals surface area contributed by atoms with Crippen molar-refractivity contribution in [1.82, 2.24) is 19.8 Å². The number of anilines is 1. The number of carbonyl (C=O) groups is 1. The van der Waals surface area contributed by atoms with Crippen molar-refractivity contribution in [3.63, 3.8) is 0 Å². The molecule has 1 amide bonds. The van der Waals surface area contributed by atoms with Crippen LogP contribution in [0.4, 0.5) is 5.82 Å². The van der Waals surface area contributed by atoms with Gasteiger partial charge in [-0.3, -0.25) is 4.79 Å². The van der Waals surface area contributed by atoms with Crippen molar-refractivity contribution in [2.75, 3.05) is 51.3 Å². The summed E-state index contributed by atoms with van der Waals surface area (Å²) >= 11 is 0. The van der Waals surface area contributed by atoms with E-state index >= 15 is 0 Å². The molecule has 3 aliphatic rings. The lowest BCUT2D eigenvalue weighted by Gasteiger charge is -2.41. The molecule has 0 spiro atoms. The lowest BCUT2D eigenvalue weighted by atomic mass is 9.92. The minimum absolute atomic E-state index is 0.146. The zero-order valence-electron chi connectivity index (χ0n) is 24.4. The van der Waals surface area contributed by atoms with E-state index in [1.54, 1.807) is 4.90 Å². The summed E-state index contributed by atoms with van der Waals surface area (Å²) in [5.41, 5.74) is 3.04. The Morgan fingerprint density at radius 1 is 1.17 bits per heavy atom. The van der Waals surface area contributed by atoms with Gasteiger partial charge in [0.2, 0.25) is 12.5 Å². The van der Waals surface area contributed by atoms with E-state index in [0.29, 0.717) is 44.7 Å². The molecule has 9 nitrogen and oxygen atoms in total. The van der Waals surface area contributed by atoms with Crippen LogP contribution in [0, 0.1) is 6.57 Å². The molecule has 0 aliphatic carbocycles. The number of likely N-dealkylation sites (N-methyl/N-ethyl adjacent to an activating group) is 1. The Morgan fingerprint density at radius 2 is 2.00 bits per heavy atom. The van der Waals surface area contributed by atoms with E-state index in [9.17, 15) is 4.79 Å². The summed E-state index contributed by atoms with van der Waals surface area (Å²) in [5, 5.41) is 2.36. The second-order valence-electron chi connectivity index (χ2n) is 11.5. The Bertz CT molecular complexity index is 1510. The first-order valence-electron chi connectivity index (χ1n) is 14.8. The number of fused-ring (bicyclic) bond motifs is 2. The first-order valence-corrected chi connectivity index (χ1v) is 14.8. The molecule has 9 heteroatoms. The third-order valence-corrected chi connectivity index (χ3v) is 8.93. The highest BCUT2D eigenvalue weighted by Crippen LogP contribution is 2.43. The van der Waals surface area contributed by atoms with Gasteiger partial charge in [-0.1, -0.05) is 49.0 Å². The second kappa shape index (κ2) is 12.1. The number of rotatable bonds is 7. The highest BCUT2D eigenvalue weighted by Gasteiger charge is 2.37. The molecule has 0 bridgehead atoms. The lowest BCUT2D eigenvalue weighted by Crippen LogP contribution is -2.56. The Labute approximate surface area is 247 Å². The molecule has 2 fully saturated rings. The van der Waals surface area contributed by atoms with Gasteiger partial charge >= 0.3 is 6.01 Å². The molecule has 42 heavy (non-hydrogen) atoms. The second-order valence-corrected chi connectivity index (χ2v) is 11.5. The van der Waals surface area contributed by atoms with E-state index in [1.807, 2.05) is 0 Å². The van der Waals surface area contributed by atoms with Gasteiger partial charge in [-0.2, -0.15) is 9.97 Å². The van der Waals surface area contributed by atoms with Crippen molar-refractivity contribution in [3.05, 3.63) is 83.4 Å². The topological polar surface area (TPSA) is 75.4 Å². The van der Waals surface area contributed by atoms with Gasteiger partial charge in [-0.05, 0) is 55.8 Å². The minimum Gasteiger partial charge on any atom is -0.462 e. The maximum absolute atomic E-state index is 12.6. The summed E-state index contributed by atoms with van der Waals surface area (Å²) < 4.78 is 13.0. The fourth-order valence-corrected chi connectivity index (χ4v) is 6.69. The van der Waals surface area contributed by atoms with Gasteiger partial charge in [0.1, 0.15) is 18.5 Å². The molecule has 0 unspecified atom stereocenters. The number of likely N-dealkylation sites (tertiary alicyclic amines) is 1. The quantitative estimate of drug-likeness (QED) is 0.306. The molecule has 4 heterocycles. The van der Waals surface area contributed by atoms with Gasteiger partial charge in [0, 0.05) is 37.7 Å². The van der Waals surface area contributed by atoms with Crippen molar-refractivity contribution in [2.24, 2.45) is 0 Å². The number of ether oxygens (including phenoxy) is 2. The lowest BCUT2D eigenvalue weighted by molar-refractivity contribution is -0.128. The normalized spacial score (nSPS) is 24.3. The van der Waals surface area contributed by atoms with Crippen molar-refractivity contribution in [2.45, 2.75) is 50.5 Å². The van der Waals surface area contributed by atoms with Gasteiger partial charge in [0.25, 0.3) is 0 Å². The van der Waals surface area contributed by atoms with E-state index in [2.05, 4.69) is 77.7 Å². The molecule has 0 saturated carbocycles. The van der Waals surface area contributed by atoms with Gasteiger partial charge in [0.05, 0.1) is 17.9 Å². The molecule has 1 aromatic heterocycles. The Kier molecular flexibility index (Phi) is 8.09. The summed E-state index contributed by atoms with van der Waals surface area (Å²) in [6.45, 7) is 16.6. The van der Waals surface area contributed by atoms with E-state index in [1.165, 1.54) is 23.3 Å². The Hall–Kier alpha value is -4.00. The Morgan fingerprint density at radius 3 is 2.79 bits per heavy atom. The zero-order chi connectivity index (χ0) is 29.2. The number of hydrogen-bond acceptors (Lipinski definition) is 7. The molecule has 2 saturated heterocycles. The number of hydrogen-bond donors (Lipinski definition) is 0. The standard InChI is InChI=1S/C33H38N6O3/c1-5-30(40)39-17-16-38(20-25(39)19-34-3)32-31-22(2)42-29(27-14-8-11-23-10-6-7-13-26(23)27)18-28(31)35-33(36-32)41-21-24-12-9-15-37(24)4/h5-8,10-11,13-14,22,24-25,29H,1,9,12,15-21H2,2,4H3/t22-,24-,25-,29-/m0/s1. The molecular formula is C33H38N6O3. The Balaban J connectivity index is 1.36. The predicted octanol–water partition coefficient (Wildman–Crippen LogP) is 4.60. The predicted molar refractivity (Wildman–Crippen MR) is 162 cm³/mol. The summed E-state index contributed by atoms with van der Waals surface area (Å²) in [4.78, 5) is 32.4. The van der Waals surface area contributed by atoms with Crippen LogP contribution in [0.1, 0.15) is 48.8 Å². The molecule has 3 aromatic rings. The van der Waals surface area contributed by atoms with Crippen LogP contribution in [0.2, 0.25) is 0 Å². The third kappa shape index (κ3) is 5.44. The fourth-order valence-electron chi connectivity index (χ4n) is 6.69. The van der Waals surface area contributed by atoms with Crippen LogP contribution in [0.15, 0.2) is 55.1 Å². The average Bonchev–Trinajstić information content (AvgIpc) is 3.43. The van der Waals surface area contributed by atoms with Gasteiger partial charge < -0.3 is 29.0 Å². The summed E-state index contributed by atoms with van der Waals surface area (Å²) in [6.07, 6.45) is 3.78. The smallest absolute Gasteiger partial charge is 0.318 e. The van der Waals surface area contributed by atoms with E-state index < -0.39 is 0 Å². The van der Waals surface area contributed by atoms with Crippen LogP contribution in [-0.4, -0.2) is 84.1 Å². The van der Waals surface area contributed by atoms with Crippen molar-refractivity contribution >= 4 is 22.5 Å². The van der Waals surface area contributed by atoms with Crippen LogP contribution in [0.5, 0.6) is 6.01 Å². The summed E-state index contributed by atoms with van der Waals surface area (Å²) in [5.74, 6) is 0.631. The van der Waals surface area contributed by atoms with E-state index in [-0.39, 0.29) is 30.7 Å². The molecule has 6 rings (SSSR count). The summed E-state index contributed by atoms with van der Waals surface area (Å²) in [6, 6.07) is 15.2. The SMILES string of the molecule is [C-]#[N+]C[C@H]1CN(c2nc(OC[C@@H]3CCCN3C)nc3c2[C@H](C)O[C@H](c2cccc4ccccc24)C3)CCN1C(=O)C=C. The average molecular weight is 567 g/mol. The number of piperazine rings is 1. The molecule has 0 N–H and O–H groups in total. The van der Waals surface area contributed by atoms with Crippen LogP contribution in [-0.2, 0) is 16.0 Å². The molecule has 0 radical (unpaired) electrons. The monoisotopic (exact) mass is 566 g/mol. The first kappa shape index (κ1) is 28.1.